The number of nitrogens with zero attached hydrogens (tertiary/aromatic N) is 5. The summed E-state index contributed by atoms with van der Waals surface area (Å²) in [6.07, 6.45) is 3.19. The molecule has 0 spiro atoms. The minimum Gasteiger partial charge on any atom is -0.494 e. The molecule has 3 aromatic rings. The number of carbonyl (C=O) groups excluding carboxylic acids is 1. The summed E-state index contributed by atoms with van der Waals surface area (Å²) in [5.41, 5.74) is 2.61. The van der Waals surface area contributed by atoms with Crippen molar-refractivity contribution in [3.8, 4) is 5.75 Å². The Morgan fingerprint density at radius 3 is 2.63 bits per heavy atom. The maximum absolute atomic E-state index is 13.9. The van der Waals surface area contributed by atoms with Crippen LogP contribution in [0.2, 0.25) is 0 Å². The van der Waals surface area contributed by atoms with Crippen LogP contribution in [0.4, 0.5) is 37.5 Å². The molecule has 0 aliphatic carbocycles. The zero-order valence-electron chi connectivity index (χ0n) is 23.1. The van der Waals surface area contributed by atoms with Crippen LogP contribution in [0.1, 0.15) is 24.9 Å². The van der Waals surface area contributed by atoms with E-state index < -0.39 is 11.6 Å². The highest BCUT2D eigenvalue weighted by molar-refractivity contribution is 6.02. The lowest BCUT2D eigenvalue weighted by atomic mass is 10.0. The van der Waals surface area contributed by atoms with E-state index in [1.807, 2.05) is 6.07 Å². The van der Waals surface area contributed by atoms with Crippen LogP contribution >= 0.6 is 0 Å². The number of benzene rings is 2. The molecule has 1 atom stereocenters. The van der Waals surface area contributed by atoms with Gasteiger partial charge in [-0.25, -0.2) is 23.8 Å². The monoisotopic (exact) mass is 565 g/mol. The lowest BCUT2D eigenvalue weighted by Gasteiger charge is -2.36. The van der Waals surface area contributed by atoms with Gasteiger partial charge in [0.2, 0.25) is 5.91 Å². The highest BCUT2D eigenvalue weighted by Crippen LogP contribution is 2.40. The van der Waals surface area contributed by atoms with Gasteiger partial charge in [0.25, 0.3) is 0 Å². The van der Waals surface area contributed by atoms with Gasteiger partial charge < -0.3 is 25.2 Å². The van der Waals surface area contributed by atoms with Crippen molar-refractivity contribution in [1.82, 2.24) is 14.9 Å². The number of carbonyl (C=O) groups is 1. The lowest BCUT2D eigenvalue weighted by molar-refractivity contribution is -0.111. The molecule has 2 aromatic carbocycles. The molecule has 12 heteroatoms. The van der Waals surface area contributed by atoms with E-state index in [9.17, 15) is 13.6 Å². The van der Waals surface area contributed by atoms with Crippen LogP contribution in [0.25, 0.3) is 0 Å². The molecular weight excluding hydrogens is 532 g/mol. The molecule has 0 radical (unpaired) electrons. The van der Waals surface area contributed by atoms with Crippen molar-refractivity contribution < 1.29 is 23.1 Å². The van der Waals surface area contributed by atoms with Crippen molar-refractivity contribution in [1.29, 1.82) is 0 Å². The summed E-state index contributed by atoms with van der Waals surface area (Å²) in [6.45, 7) is 10.6. The van der Waals surface area contributed by atoms with Gasteiger partial charge in [-0.15, -0.1) is 0 Å². The predicted molar refractivity (Wildman–Crippen MR) is 154 cm³/mol. The molecule has 2 aliphatic rings. The predicted octanol–water partition coefficient (Wildman–Crippen LogP) is 4.66. The number of methoxy groups -OCH3 is 1. The van der Waals surface area contributed by atoms with Crippen LogP contribution in [0.3, 0.4) is 0 Å². The van der Waals surface area contributed by atoms with Crippen LogP contribution in [-0.2, 0) is 9.63 Å². The van der Waals surface area contributed by atoms with Crippen LogP contribution < -0.4 is 25.3 Å². The van der Waals surface area contributed by atoms with E-state index >= 15 is 0 Å². The molecular formula is C29H33F2N7O3. The molecule has 2 fully saturated rings. The first-order valence-electron chi connectivity index (χ1n) is 13.5. The molecule has 2 N–H and O–H groups in total. The molecule has 1 aromatic heterocycles. The summed E-state index contributed by atoms with van der Waals surface area (Å²) in [5, 5.41) is 7.76. The van der Waals surface area contributed by atoms with Gasteiger partial charge in [0.1, 0.15) is 17.9 Å². The fourth-order valence-corrected chi connectivity index (χ4v) is 5.08. The Bertz CT molecular complexity index is 1420. The Kier molecular flexibility index (Phi) is 8.60. The second-order valence-electron chi connectivity index (χ2n) is 9.71. The highest BCUT2D eigenvalue weighted by Gasteiger charge is 2.30. The molecule has 0 unspecified atom stereocenters. The Labute approximate surface area is 237 Å². The summed E-state index contributed by atoms with van der Waals surface area (Å²) < 4.78 is 33.2. The number of aromatic nitrogens is 2. The first-order valence-corrected chi connectivity index (χ1v) is 13.5. The largest absolute Gasteiger partial charge is 0.494 e. The molecule has 2 saturated heterocycles. The van der Waals surface area contributed by atoms with E-state index in [1.165, 1.54) is 18.5 Å². The van der Waals surface area contributed by atoms with Crippen LogP contribution in [0.15, 0.2) is 55.4 Å². The molecule has 0 saturated carbocycles. The second-order valence-corrected chi connectivity index (χ2v) is 9.71. The Hall–Kier alpha value is -4.29. The number of nitrogens with one attached hydrogen (secondary N) is 2. The van der Waals surface area contributed by atoms with Gasteiger partial charge in [-0.3, -0.25) is 9.63 Å². The molecule has 0 bridgehead atoms. The summed E-state index contributed by atoms with van der Waals surface area (Å²) in [5.74, 6) is -0.696. The summed E-state index contributed by atoms with van der Waals surface area (Å²) in [4.78, 5) is 31.4. The Balaban J connectivity index is 1.43. The van der Waals surface area contributed by atoms with E-state index in [-0.39, 0.29) is 11.9 Å². The third-order valence-electron chi connectivity index (χ3n) is 7.30. The zero-order chi connectivity index (χ0) is 28.9. The summed E-state index contributed by atoms with van der Waals surface area (Å²) >= 11 is 0. The highest BCUT2D eigenvalue weighted by atomic mass is 19.2. The van der Waals surface area contributed by atoms with Crippen molar-refractivity contribution in [3.05, 3.63) is 72.6 Å². The number of hydrogen-bond acceptors (Lipinski definition) is 9. The van der Waals surface area contributed by atoms with Crippen molar-refractivity contribution in [2.24, 2.45) is 0 Å². The summed E-state index contributed by atoms with van der Waals surface area (Å²) in [6, 6.07) is 8.87. The van der Waals surface area contributed by atoms with Crippen molar-refractivity contribution >= 4 is 34.6 Å². The molecule has 2 aliphatic heterocycles. The van der Waals surface area contributed by atoms with Gasteiger partial charge >= 0.3 is 0 Å². The number of piperazine rings is 1. The third-order valence-corrected chi connectivity index (χ3v) is 7.30. The first-order chi connectivity index (χ1) is 19.9. The lowest BCUT2D eigenvalue weighted by Crippen LogP contribution is -2.46. The van der Waals surface area contributed by atoms with Crippen LogP contribution in [-0.4, -0.2) is 67.2 Å². The van der Waals surface area contributed by atoms with Gasteiger partial charge in [0.05, 0.1) is 36.8 Å². The fourth-order valence-electron chi connectivity index (χ4n) is 5.08. The number of ether oxygens (including phenoxy) is 1. The molecule has 41 heavy (non-hydrogen) atoms. The Morgan fingerprint density at radius 2 is 1.93 bits per heavy atom. The number of rotatable bonds is 9. The van der Waals surface area contributed by atoms with E-state index in [1.54, 1.807) is 30.4 Å². The first kappa shape index (κ1) is 28.2. The van der Waals surface area contributed by atoms with Crippen molar-refractivity contribution in [2.45, 2.75) is 19.4 Å². The number of amides is 1. The van der Waals surface area contributed by atoms with Gasteiger partial charge in [0.15, 0.2) is 17.5 Å². The zero-order valence-corrected chi connectivity index (χ0v) is 23.1. The van der Waals surface area contributed by atoms with E-state index in [2.05, 4.69) is 43.9 Å². The van der Waals surface area contributed by atoms with Crippen molar-refractivity contribution in [2.75, 3.05) is 67.0 Å². The fraction of sp³-hybridized carbons (Fsp3) is 0.345. The van der Waals surface area contributed by atoms with Crippen molar-refractivity contribution in [3.63, 3.8) is 0 Å². The van der Waals surface area contributed by atoms with E-state index in [0.717, 1.165) is 44.5 Å². The maximum atomic E-state index is 13.9. The van der Waals surface area contributed by atoms with E-state index in [4.69, 9.17) is 9.57 Å². The quantitative estimate of drug-likeness (QED) is 0.360. The van der Waals surface area contributed by atoms with Crippen LogP contribution in [0, 0.1) is 11.6 Å². The van der Waals surface area contributed by atoms with Crippen LogP contribution in [0.5, 0.6) is 5.75 Å². The van der Waals surface area contributed by atoms with Gasteiger partial charge in [0, 0.05) is 44.7 Å². The van der Waals surface area contributed by atoms with Gasteiger partial charge in [-0.05, 0) is 36.4 Å². The minimum absolute atomic E-state index is 0.326. The SMILES string of the molecule is C=CC(=O)Nc1cc(Nc2cc(N3OCC[C@@H]3c3ccc(F)c(F)c3)ncn2)c(OC)cc1N1CCN(CC)CC1. The van der Waals surface area contributed by atoms with Gasteiger partial charge in [-0.1, -0.05) is 19.6 Å². The average Bonchev–Trinajstić information content (AvgIpc) is 3.49. The average molecular weight is 566 g/mol. The number of hydrogen-bond donors (Lipinski definition) is 2. The number of halogens is 2. The minimum atomic E-state index is -0.915. The molecule has 5 rings (SSSR count). The number of anilines is 5. The third kappa shape index (κ3) is 6.23. The molecule has 3 heterocycles. The molecule has 1 amide bonds. The van der Waals surface area contributed by atoms with Gasteiger partial charge in [-0.2, -0.15) is 0 Å². The smallest absolute Gasteiger partial charge is 0.247 e. The molecule has 216 valence electrons. The second kappa shape index (κ2) is 12.5. The number of hydroxylamine groups is 1. The van der Waals surface area contributed by atoms with E-state index in [0.29, 0.717) is 47.4 Å². The molecule has 10 nitrogen and oxygen atoms in total. The maximum Gasteiger partial charge on any atom is 0.247 e. The summed E-state index contributed by atoms with van der Waals surface area (Å²) in [7, 11) is 1.58. The number of likely N-dealkylation sites (N-methyl/N-ethyl adjacent to an activating group) is 1. The topological polar surface area (TPSA) is 95.1 Å². The normalized spacial score (nSPS) is 17.4. The Morgan fingerprint density at radius 1 is 1.12 bits per heavy atom. The standard InChI is InChI=1S/C29H33F2N7O3/c1-4-29(39)35-22-15-23(26(40-3)16-25(22)37-11-9-36(5-2)10-12-37)34-27-17-28(33-18-32-27)38-24(8-13-41-38)19-6-7-20(30)21(31)14-19/h4,6-7,14-18,24H,1,5,8-13H2,2-3H3,(H,35,39)(H,32,33,34)/t24-/m1/s1.